The van der Waals surface area contributed by atoms with Gasteiger partial charge in [-0.15, -0.1) is 0 Å². The highest BCUT2D eigenvalue weighted by molar-refractivity contribution is 6.32. The lowest BCUT2D eigenvalue weighted by atomic mass is 9.98. The number of hydrogen-bond donors (Lipinski definition) is 1. The van der Waals surface area contributed by atoms with Crippen LogP contribution >= 0.6 is 11.6 Å². The van der Waals surface area contributed by atoms with Crippen LogP contribution in [0.15, 0.2) is 42.6 Å². The molecule has 2 aliphatic heterocycles. The molecule has 2 bridgehead atoms. The number of aromatic hydroxyl groups is 1. The molecule has 3 heterocycles. The first kappa shape index (κ1) is 22.8. The Morgan fingerprint density at radius 3 is 2.57 bits per heavy atom. The largest absolute Gasteiger partial charge is 0.506 e. The van der Waals surface area contributed by atoms with Crippen LogP contribution in [0.2, 0.25) is 5.02 Å². The first-order valence-electron chi connectivity index (χ1n) is 12.5. The number of benzene rings is 2. The van der Waals surface area contributed by atoms with Gasteiger partial charge in [0, 0.05) is 55.8 Å². The maximum Gasteiger partial charge on any atom is 0.169 e. The summed E-state index contributed by atoms with van der Waals surface area (Å²) >= 11 is 6.20. The Kier molecular flexibility index (Phi) is 5.71. The number of phenolic OH excluding ortho intramolecular Hbond substituents is 1. The topological polar surface area (TPSA) is 59.9 Å². The Hall–Kier alpha value is -2.67. The summed E-state index contributed by atoms with van der Waals surface area (Å²) in [6.45, 7) is 4.12. The summed E-state index contributed by atoms with van der Waals surface area (Å²) in [6, 6.07) is 12.4. The van der Waals surface area contributed by atoms with E-state index in [0.29, 0.717) is 17.1 Å². The number of fused-ring (bicyclic) bond motifs is 3. The van der Waals surface area contributed by atoms with Crippen molar-refractivity contribution in [2.45, 2.75) is 31.3 Å². The average Bonchev–Trinajstić information content (AvgIpc) is 3.52. The maximum absolute atomic E-state index is 13.4. The van der Waals surface area contributed by atoms with Crippen LogP contribution in [-0.4, -0.2) is 78.0 Å². The molecule has 35 heavy (non-hydrogen) atoms. The molecule has 0 amide bonds. The van der Waals surface area contributed by atoms with Gasteiger partial charge in [0.1, 0.15) is 5.75 Å². The second kappa shape index (κ2) is 8.77. The van der Waals surface area contributed by atoms with E-state index in [4.69, 9.17) is 16.6 Å². The molecule has 3 fully saturated rings. The minimum absolute atomic E-state index is 0.0720. The molecule has 0 unspecified atom stereocenters. The first-order valence-corrected chi connectivity index (χ1v) is 12.9. The monoisotopic (exact) mass is 490 g/mol. The minimum atomic E-state index is 0.0720. The zero-order valence-corrected chi connectivity index (χ0v) is 21.0. The van der Waals surface area contributed by atoms with Crippen LogP contribution in [0.1, 0.15) is 29.6 Å². The van der Waals surface area contributed by atoms with Crippen LogP contribution in [0.25, 0.3) is 22.0 Å². The molecule has 1 aliphatic carbocycles. The van der Waals surface area contributed by atoms with Crippen LogP contribution in [-0.2, 0) is 0 Å². The van der Waals surface area contributed by atoms with E-state index in [1.54, 1.807) is 12.1 Å². The number of halogens is 1. The van der Waals surface area contributed by atoms with Crippen molar-refractivity contribution < 1.29 is 9.90 Å². The van der Waals surface area contributed by atoms with E-state index in [9.17, 15) is 9.90 Å². The third-order valence-corrected chi connectivity index (χ3v) is 8.11. The number of aromatic nitrogens is 1. The molecular weight excluding hydrogens is 460 g/mol. The molecule has 3 aromatic rings. The van der Waals surface area contributed by atoms with Crippen molar-refractivity contribution in [1.29, 1.82) is 0 Å². The lowest BCUT2D eigenvalue weighted by molar-refractivity contribution is 0.0967. The van der Waals surface area contributed by atoms with E-state index in [1.807, 2.05) is 24.4 Å². The number of Topliss-reactive ketones (excluding diaryl/α,β-unsaturated/α-hetero) is 1. The fraction of sp³-hybridized carbons (Fsp3) is 0.429. The zero-order chi connectivity index (χ0) is 24.3. The zero-order valence-electron chi connectivity index (χ0n) is 20.2. The Morgan fingerprint density at radius 1 is 1.11 bits per heavy atom. The van der Waals surface area contributed by atoms with E-state index < -0.39 is 0 Å². The summed E-state index contributed by atoms with van der Waals surface area (Å²) in [4.78, 5) is 25.4. The maximum atomic E-state index is 13.4. The Morgan fingerprint density at radius 2 is 1.89 bits per heavy atom. The fourth-order valence-electron chi connectivity index (χ4n) is 5.73. The number of piperazine rings is 1. The van der Waals surface area contributed by atoms with E-state index in [2.05, 4.69) is 34.9 Å². The molecule has 1 saturated carbocycles. The summed E-state index contributed by atoms with van der Waals surface area (Å²) in [6.07, 6.45) is 4.91. The van der Waals surface area contributed by atoms with Gasteiger partial charge in [-0.05, 0) is 68.8 Å². The van der Waals surface area contributed by atoms with Crippen molar-refractivity contribution in [3.05, 3.63) is 53.2 Å². The summed E-state index contributed by atoms with van der Waals surface area (Å²) in [5.41, 5.74) is 4.65. The van der Waals surface area contributed by atoms with Gasteiger partial charge in [0.25, 0.3) is 0 Å². The van der Waals surface area contributed by atoms with Gasteiger partial charge >= 0.3 is 0 Å². The molecule has 6 rings (SSSR count). The first-order chi connectivity index (χ1) is 16.9. The average molecular weight is 491 g/mol. The minimum Gasteiger partial charge on any atom is -0.506 e. The number of ketones is 1. The van der Waals surface area contributed by atoms with Crippen molar-refractivity contribution in [3.8, 4) is 16.9 Å². The number of carbonyl (C=O) groups excluding carboxylic acids is 1. The van der Waals surface area contributed by atoms with Gasteiger partial charge in [0.2, 0.25) is 0 Å². The number of likely N-dealkylation sites (N-methyl/N-ethyl adjacent to an activating group) is 1. The standard InChI is InChI=1S/C28H31ClN4O2/c1-31(2)9-10-32-15-21-13-20(32)16-33(21)27-22-11-18(19-6-8-26(34)24(29)12-19)5-7-25(22)30-14-23(27)28(35)17-3-4-17/h5-8,11-12,14,17,20-21,34H,3-4,9-10,13,15-16H2,1-2H3/t20-,21-/m0/s1. The molecule has 182 valence electrons. The van der Waals surface area contributed by atoms with Crippen LogP contribution in [0, 0.1) is 5.92 Å². The van der Waals surface area contributed by atoms with Crippen molar-refractivity contribution in [1.82, 2.24) is 14.8 Å². The number of carbonyl (C=O) groups is 1. The highest BCUT2D eigenvalue weighted by atomic mass is 35.5. The second-order valence-corrected chi connectivity index (χ2v) is 11.0. The smallest absolute Gasteiger partial charge is 0.169 e. The predicted molar refractivity (Wildman–Crippen MR) is 141 cm³/mol. The molecule has 1 aromatic heterocycles. The Labute approximate surface area is 211 Å². The summed E-state index contributed by atoms with van der Waals surface area (Å²) < 4.78 is 0. The third-order valence-electron chi connectivity index (χ3n) is 7.81. The number of anilines is 1. The van der Waals surface area contributed by atoms with Crippen molar-refractivity contribution in [2.24, 2.45) is 5.92 Å². The number of likely N-dealkylation sites (tertiary alicyclic amines) is 1. The van der Waals surface area contributed by atoms with Crippen molar-refractivity contribution in [2.75, 3.05) is 45.2 Å². The summed E-state index contributed by atoms with van der Waals surface area (Å²) in [5.74, 6) is 0.450. The van der Waals surface area contributed by atoms with E-state index in [-0.39, 0.29) is 17.5 Å². The lowest BCUT2D eigenvalue weighted by Gasteiger charge is -2.37. The van der Waals surface area contributed by atoms with Crippen molar-refractivity contribution in [3.63, 3.8) is 0 Å². The third kappa shape index (κ3) is 4.18. The van der Waals surface area contributed by atoms with Crippen LogP contribution in [0.3, 0.4) is 0 Å². The van der Waals surface area contributed by atoms with Crippen molar-refractivity contribution >= 4 is 34.0 Å². The Bertz CT molecular complexity index is 1310. The van der Waals surface area contributed by atoms with Gasteiger partial charge in [0.05, 0.1) is 21.8 Å². The predicted octanol–water partition coefficient (Wildman–Crippen LogP) is 4.68. The molecule has 0 spiro atoms. The molecule has 3 aliphatic rings. The SMILES string of the molecule is CN(C)CCN1C[C@@H]2C[C@H]1CN2c1c(C(=O)C2CC2)cnc2ccc(-c3ccc(O)c(Cl)c3)cc12. The molecule has 2 atom stereocenters. The lowest BCUT2D eigenvalue weighted by Crippen LogP contribution is -2.48. The number of hydrogen-bond acceptors (Lipinski definition) is 6. The molecule has 2 aromatic carbocycles. The molecule has 7 heteroatoms. The number of pyridine rings is 1. The normalized spacial score (nSPS) is 22.0. The highest BCUT2D eigenvalue weighted by Crippen LogP contribution is 2.43. The molecule has 2 saturated heterocycles. The number of nitrogens with zero attached hydrogens (tertiary/aromatic N) is 4. The van der Waals surface area contributed by atoms with E-state index in [0.717, 1.165) is 78.7 Å². The molecule has 0 radical (unpaired) electrons. The quantitative estimate of drug-likeness (QED) is 0.485. The van der Waals surface area contributed by atoms with Crippen LogP contribution in [0.4, 0.5) is 5.69 Å². The number of phenols is 1. The van der Waals surface area contributed by atoms with Crippen LogP contribution in [0.5, 0.6) is 5.75 Å². The van der Waals surface area contributed by atoms with E-state index >= 15 is 0 Å². The summed E-state index contributed by atoms with van der Waals surface area (Å²) in [5, 5.41) is 11.2. The number of rotatable bonds is 7. The Balaban J connectivity index is 1.42. The second-order valence-electron chi connectivity index (χ2n) is 10.6. The van der Waals surface area contributed by atoms with Gasteiger partial charge in [-0.2, -0.15) is 0 Å². The van der Waals surface area contributed by atoms with Gasteiger partial charge < -0.3 is 14.9 Å². The van der Waals surface area contributed by atoms with Gasteiger partial charge in [-0.1, -0.05) is 23.7 Å². The fourth-order valence-corrected chi connectivity index (χ4v) is 5.91. The summed E-state index contributed by atoms with van der Waals surface area (Å²) in [7, 11) is 4.25. The van der Waals surface area contributed by atoms with Gasteiger partial charge in [-0.3, -0.25) is 14.7 Å². The van der Waals surface area contributed by atoms with Crippen LogP contribution < -0.4 is 4.90 Å². The van der Waals surface area contributed by atoms with Gasteiger partial charge in [0.15, 0.2) is 5.78 Å². The molecular formula is C28H31ClN4O2. The highest BCUT2D eigenvalue weighted by Gasteiger charge is 2.45. The van der Waals surface area contributed by atoms with E-state index in [1.165, 1.54) is 0 Å². The molecule has 1 N–H and O–H groups in total. The molecule has 6 nitrogen and oxygen atoms in total. The van der Waals surface area contributed by atoms with Gasteiger partial charge in [-0.25, -0.2) is 0 Å².